The predicted molar refractivity (Wildman–Crippen MR) is 71.2 cm³/mol. The molecular formula is C13H17N3O3. The standard InChI is InChI=1S/C13H17N3O3/c17-11(10-8-15-13(19)16-12(10)18)14-7-6-9-4-2-1-3-5-9/h4,8H,1-3,5-7H2,(H,14,17)(H2,15,16,18,19). The van der Waals surface area contributed by atoms with E-state index in [1.165, 1.54) is 18.4 Å². The van der Waals surface area contributed by atoms with Crippen LogP contribution in [0.2, 0.25) is 0 Å². The van der Waals surface area contributed by atoms with E-state index < -0.39 is 17.2 Å². The van der Waals surface area contributed by atoms with Gasteiger partial charge in [0.25, 0.3) is 11.5 Å². The molecular weight excluding hydrogens is 246 g/mol. The van der Waals surface area contributed by atoms with E-state index >= 15 is 0 Å². The second kappa shape index (κ2) is 6.17. The maximum atomic E-state index is 11.7. The molecule has 0 bridgehead atoms. The van der Waals surface area contributed by atoms with E-state index in [0.29, 0.717) is 6.54 Å². The number of aromatic nitrogens is 2. The van der Waals surface area contributed by atoms with Crippen LogP contribution in [0.15, 0.2) is 27.4 Å². The molecule has 1 aliphatic carbocycles. The molecule has 0 fully saturated rings. The van der Waals surface area contributed by atoms with E-state index in [4.69, 9.17) is 0 Å². The second-order valence-electron chi connectivity index (χ2n) is 4.60. The summed E-state index contributed by atoms with van der Waals surface area (Å²) in [6, 6.07) is 0. The molecule has 0 aromatic carbocycles. The molecule has 1 aromatic rings. The largest absolute Gasteiger partial charge is 0.351 e. The highest BCUT2D eigenvalue weighted by molar-refractivity contribution is 5.93. The van der Waals surface area contributed by atoms with Gasteiger partial charge >= 0.3 is 5.69 Å². The molecule has 0 spiro atoms. The van der Waals surface area contributed by atoms with Gasteiger partial charge in [0.15, 0.2) is 0 Å². The maximum absolute atomic E-state index is 11.7. The number of carbonyl (C=O) groups is 1. The van der Waals surface area contributed by atoms with E-state index in [1.54, 1.807) is 0 Å². The zero-order valence-electron chi connectivity index (χ0n) is 10.6. The summed E-state index contributed by atoms with van der Waals surface area (Å²) in [5.41, 5.74) is 0.00574. The van der Waals surface area contributed by atoms with Crippen molar-refractivity contribution in [3.05, 3.63) is 44.2 Å². The van der Waals surface area contributed by atoms with Gasteiger partial charge in [-0.05, 0) is 32.1 Å². The van der Waals surface area contributed by atoms with Gasteiger partial charge < -0.3 is 10.3 Å². The SMILES string of the molecule is O=C(NCCC1=CCCCC1)c1c[nH]c(=O)[nH]c1=O. The van der Waals surface area contributed by atoms with Gasteiger partial charge in [0.1, 0.15) is 5.56 Å². The van der Waals surface area contributed by atoms with Crippen molar-refractivity contribution in [2.45, 2.75) is 32.1 Å². The molecule has 3 N–H and O–H groups in total. The molecule has 0 aliphatic heterocycles. The minimum atomic E-state index is -0.668. The van der Waals surface area contributed by atoms with Crippen LogP contribution in [0, 0.1) is 0 Å². The maximum Gasteiger partial charge on any atom is 0.325 e. The number of aromatic amines is 2. The Kier molecular flexibility index (Phi) is 4.33. The topological polar surface area (TPSA) is 94.8 Å². The fourth-order valence-electron chi connectivity index (χ4n) is 2.14. The summed E-state index contributed by atoms with van der Waals surface area (Å²) < 4.78 is 0. The third kappa shape index (κ3) is 3.67. The summed E-state index contributed by atoms with van der Waals surface area (Å²) in [6.07, 6.45) is 8.83. The van der Waals surface area contributed by atoms with Crippen molar-refractivity contribution in [3.8, 4) is 0 Å². The van der Waals surface area contributed by atoms with E-state index in [1.807, 2.05) is 4.98 Å². The summed E-state index contributed by atoms with van der Waals surface area (Å²) in [6.45, 7) is 0.503. The molecule has 102 valence electrons. The molecule has 0 saturated heterocycles. The minimum absolute atomic E-state index is 0.0720. The Labute approximate surface area is 109 Å². The molecule has 19 heavy (non-hydrogen) atoms. The van der Waals surface area contributed by atoms with Gasteiger partial charge in [-0.25, -0.2) is 4.79 Å². The van der Waals surface area contributed by atoms with Crippen LogP contribution in [0.5, 0.6) is 0 Å². The summed E-state index contributed by atoms with van der Waals surface area (Å²) in [4.78, 5) is 38.3. The Morgan fingerprint density at radius 2 is 2.16 bits per heavy atom. The van der Waals surface area contributed by atoms with Crippen molar-refractivity contribution in [2.24, 2.45) is 0 Å². The van der Waals surface area contributed by atoms with Crippen molar-refractivity contribution in [1.29, 1.82) is 0 Å². The summed E-state index contributed by atoms with van der Waals surface area (Å²) in [5, 5.41) is 2.68. The van der Waals surface area contributed by atoms with Crippen LogP contribution in [0.3, 0.4) is 0 Å². The fourth-order valence-corrected chi connectivity index (χ4v) is 2.14. The van der Waals surface area contributed by atoms with Crippen molar-refractivity contribution in [3.63, 3.8) is 0 Å². The predicted octanol–water partition coefficient (Wildman–Crippen LogP) is 0.683. The zero-order chi connectivity index (χ0) is 13.7. The highest BCUT2D eigenvalue weighted by atomic mass is 16.2. The van der Waals surface area contributed by atoms with Gasteiger partial charge in [-0.1, -0.05) is 11.6 Å². The zero-order valence-corrected chi connectivity index (χ0v) is 10.6. The first-order chi connectivity index (χ1) is 9.16. The molecule has 0 radical (unpaired) electrons. The smallest absolute Gasteiger partial charge is 0.325 e. The summed E-state index contributed by atoms with van der Waals surface area (Å²) >= 11 is 0. The number of nitrogens with one attached hydrogen (secondary N) is 3. The Hall–Kier alpha value is -2.11. The van der Waals surface area contributed by atoms with Gasteiger partial charge in [0.2, 0.25) is 0 Å². The van der Waals surface area contributed by atoms with E-state index in [-0.39, 0.29) is 5.56 Å². The Morgan fingerprint density at radius 3 is 2.84 bits per heavy atom. The van der Waals surface area contributed by atoms with Crippen LogP contribution in [0.1, 0.15) is 42.5 Å². The molecule has 2 rings (SSSR count). The van der Waals surface area contributed by atoms with Crippen LogP contribution in [0.4, 0.5) is 0 Å². The molecule has 0 unspecified atom stereocenters. The lowest BCUT2D eigenvalue weighted by Crippen LogP contribution is -2.34. The molecule has 6 nitrogen and oxygen atoms in total. The Balaban J connectivity index is 1.89. The van der Waals surface area contributed by atoms with Gasteiger partial charge in [-0.3, -0.25) is 14.6 Å². The summed E-state index contributed by atoms with van der Waals surface area (Å²) in [7, 11) is 0. The van der Waals surface area contributed by atoms with Crippen molar-refractivity contribution in [2.75, 3.05) is 6.54 Å². The number of rotatable bonds is 4. The third-order valence-corrected chi connectivity index (χ3v) is 3.18. The van der Waals surface area contributed by atoms with E-state index in [9.17, 15) is 14.4 Å². The van der Waals surface area contributed by atoms with Gasteiger partial charge in [-0.15, -0.1) is 0 Å². The monoisotopic (exact) mass is 263 g/mol. The lowest BCUT2D eigenvalue weighted by molar-refractivity contribution is 0.0952. The highest BCUT2D eigenvalue weighted by Crippen LogP contribution is 2.19. The molecule has 0 saturated carbocycles. The number of carbonyl (C=O) groups excluding carboxylic acids is 1. The Morgan fingerprint density at radius 1 is 1.32 bits per heavy atom. The average Bonchev–Trinajstić information content (AvgIpc) is 2.39. The second-order valence-corrected chi connectivity index (χ2v) is 4.60. The van der Waals surface area contributed by atoms with Gasteiger partial charge in [0, 0.05) is 12.7 Å². The van der Waals surface area contributed by atoms with Crippen LogP contribution >= 0.6 is 0 Å². The average molecular weight is 263 g/mol. The van der Waals surface area contributed by atoms with Crippen molar-refractivity contribution < 1.29 is 4.79 Å². The molecule has 1 heterocycles. The number of hydrogen-bond donors (Lipinski definition) is 3. The molecule has 6 heteroatoms. The van der Waals surface area contributed by atoms with Crippen molar-refractivity contribution >= 4 is 5.91 Å². The lowest BCUT2D eigenvalue weighted by atomic mass is 9.97. The van der Waals surface area contributed by atoms with Crippen LogP contribution in [0.25, 0.3) is 0 Å². The van der Waals surface area contributed by atoms with Gasteiger partial charge in [-0.2, -0.15) is 0 Å². The number of hydrogen-bond acceptors (Lipinski definition) is 3. The van der Waals surface area contributed by atoms with Crippen LogP contribution in [-0.4, -0.2) is 22.4 Å². The third-order valence-electron chi connectivity index (χ3n) is 3.18. The first-order valence-electron chi connectivity index (χ1n) is 6.45. The quantitative estimate of drug-likeness (QED) is 0.697. The first-order valence-corrected chi connectivity index (χ1v) is 6.45. The number of amides is 1. The van der Waals surface area contributed by atoms with Crippen LogP contribution in [-0.2, 0) is 0 Å². The Bertz CT molecular complexity index is 598. The molecule has 0 atom stereocenters. The van der Waals surface area contributed by atoms with E-state index in [2.05, 4.69) is 16.4 Å². The number of allylic oxidation sites excluding steroid dienone is 1. The van der Waals surface area contributed by atoms with E-state index in [0.717, 1.165) is 25.5 Å². The molecule has 1 aromatic heterocycles. The lowest BCUT2D eigenvalue weighted by Gasteiger charge is -2.12. The normalized spacial score (nSPS) is 14.8. The fraction of sp³-hybridized carbons (Fsp3) is 0.462. The molecule has 1 amide bonds. The van der Waals surface area contributed by atoms with Crippen molar-refractivity contribution in [1.82, 2.24) is 15.3 Å². The first kappa shape index (κ1) is 13.3. The summed E-state index contributed by atoms with van der Waals surface area (Å²) in [5.74, 6) is -0.464. The van der Waals surface area contributed by atoms with Gasteiger partial charge in [0.05, 0.1) is 0 Å². The highest BCUT2D eigenvalue weighted by Gasteiger charge is 2.10. The van der Waals surface area contributed by atoms with Crippen LogP contribution < -0.4 is 16.6 Å². The number of H-pyrrole nitrogens is 2. The minimum Gasteiger partial charge on any atom is -0.351 e. The molecule has 1 aliphatic rings.